The van der Waals surface area contributed by atoms with Crippen molar-refractivity contribution in [3.8, 4) is 10.6 Å². The Hall–Kier alpha value is -2.86. The van der Waals surface area contributed by atoms with E-state index in [1.54, 1.807) is 11.4 Å². The lowest BCUT2D eigenvalue weighted by atomic mass is 10.1. The van der Waals surface area contributed by atoms with Gasteiger partial charge in [0.15, 0.2) is 12.3 Å². The van der Waals surface area contributed by atoms with Crippen LogP contribution in [-0.2, 0) is 4.74 Å². The second-order valence-electron chi connectivity index (χ2n) is 4.88. The van der Waals surface area contributed by atoms with E-state index in [1.165, 1.54) is 29.5 Å². The number of rotatable bonds is 5. The Labute approximate surface area is 141 Å². The average Bonchev–Trinajstić information content (AvgIpc) is 3.11. The van der Waals surface area contributed by atoms with Crippen LogP contribution in [0, 0.1) is 5.82 Å². The maximum atomic E-state index is 13.5. The summed E-state index contributed by atoms with van der Waals surface area (Å²) < 4.78 is 18.4. The second kappa shape index (κ2) is 7.14. The molecule has 3 rings (SSSR count). The topological polar surface area (TPSA) is 56.3 Å². The van der Waals surface area contributed by atoms with Crippen molar-refractivity contribution >= 4 is 23.1 Å². The molecule has 1 heterocycles. The number of aromatic nitrogens is 1. The highest BCUT2D eigenvalue weighted by atomic mass is 32.1. The zero-order valence-electron chi connectivity index (χ0n) is 12.4. The lowest BCUT2D eigenvalue weighted by Gasteiger charge is -2.03. The largest absolute Gasteiger partial charge is 0.453 e. The molecule has 0 atom stereocenters. The van der Waals surface area contributed by atoms with Crippen LogP contribution >= 0.6 is 11.3 Å². The molecule has 0 aliphatic carbocycles. The number of carbonyl (C=O) groups excluding carboxylic acids is 2. The Kier molecular flexibility index (Phi) is 4.77. The van der Waals surface area contributed by atoms with Gasteiger partial charge in [0, 0.05) is 10.9 Å². The summed E-state index contributed by atoms with van der Waals surface area (Å²) in [6, 6.07) is 15.0. The fourth-order valence-corrected chi connectivity index (χ4v) is 2.85. The third-order valence-corrected chi connectivity index (χ3v) is 4.13. The average molecular weight is 341 g/mol. The van der Waals surface area contributed by atoms with Crippen LogP contribution in [0.15, 0.2) is 60.0 Å². The van der Waals surface area contributed by atoms with Crippen molar-refractivity contribution in [1.82, 2.24) is 4.98 Å². The molecule has 3 aromatic rings. The molecule has 0 bridgehead atoms. The first kappa shape index (κ1) is 16.0. The molecule has 0 saturated carbocycles. The third-order valence-electron chi connectivity index (χ3n) is 3.24. The summed E-state index contributed by atoms with van der Waals surface area (Å²) in [5.74, 6) is -1.95. The predicted molar refractivity (Wildman–Crippen MR) is 88.6 cm³/mol. The van der Waals surface area contributed by atoms with Gasteiger partial charge in [0.1, 0.15) is 10.8 Å². The van der Waals surface area contributed by atoms with E-state index in [2.05, 4.69) is 4.98 Å². The van der Waals surface area contributed by atoms with Gasteiger partial charge in [-0.15, -0.1) is 11.3 Å². The van der Waals surface area contributed by atoms with Crippen LogP contribution in [0.5, 0.6) is 0 Å². The smallest absolute Gasteiger partial charge is 0.358 e. The predicted octanol–water partition coefficient (Wildman–Crippen LogP) is 3.99. The lowest BCUT2D eigenvalue weighted by Crippen LogP contribution is -2.15. The molecule has 2 aromatic carbocycles. The second-order valence-corrected chi connectivity index (χ2v) is 5.74. The van der Waals surface area contributed by atoms with Gasteiger partial charge in [-0.25, -0.2) is 14.2 Å². The summed E-state index contributed by atoms with van der Waals surface area (Å²) in [5, 5.41) is 2.25. The third kappa shape index (κ3) is 3.55. The van der Waals surface area contributed by atoms with Crippen LogP contribution < -0.4 is 0 Å². The summed E-state index contributed by atoms with van der Waals surface area (Å²) >= 11 is 1.31. The number of carbonyl (C=O) groups is 2. The van der Waals surface area contributed by atoms with Crippen molar-refractivity contribution in [2.24, 2.45) is 0 Å². The summed E-state index contributed by atoms with van der Waals surface area (Å²) in [7, 11) is 0. The van der Waals surface area contributed by atoms with E-state index >= 15 is 0 Å². The minimum Gasteiger partial charge on any atom is -0.453 e. The van der Waals surface area contributed by atoms with Gasteiger partial charge in [-0.3, -0.25) is 4.79 Å². The van der Waals surface area contributed by atoms with Gasteiger partial charge in [-0.1, -0.05) is 42.5 Å². The molecule has 6 heteroatoms. The van der Waals surface area contributed by atoms with Crippen molar-refractivity contribution < 1.29 is 18.7 Å². The van der Waals surface area contributed by atoms with E-state index in [4.69, 9.17) is 4.74 Å². The van der Waals surface area contributed by atoms with E-state index in [-0.39, 0.29) is 11.3 Å². The van der Waals surface area contributed by atoms with E-state index < -0.39 is 24.2 Å². The van der Waals surface area contributed by atoms with E-state index in [0.717, 1.165) is 5.56 Å². The van der Waals surface area contributed by atoms with E-state index in [0.29, 0.717) is 5.01 Å². The highest BCUT2D eigenvalue weighted by Gasteiger charge is 2.17. The molecule has 0 spiro atoms. The summed E-state index contributed by atoms with van der Waals surface area (Å²) in [6.45, 7) is -0.530. The number of nitrogens with zero attached hydrogens (tertiary/aromatic N) is 1. The minimum absolute atomic E-state index is 0.103. The van der Waals surface area contributed by atoms with E-state index in [9.17, 15) is 14.0 Å². The maximum Gasteiger partial charge on any atom is 0.358 e. The van der Waals surface area contributed by atoms with Crippen LogP contribution in [0.4, 0.5) is 4.39 Å². The van der Waals surface area contributed by atoms with Crippen molar-refractivity contribution in [1.29, 1.82) is 0 Å². The van der Waals surface area contributed by atoms with Crippen molar-refractivity contribution in [3.05, 3.63) is 77.1 Å². The highest BCUT2D eigenvalue weighted by Crippen LogP contribution is 2.23. The molecule has 0 aliphatic rings. The van der Waals surface area contributed by atoms with Gasteiger partial charge in [0.2, 0.25) is 5.78 Å². The molecule has 0 aliphatic heterocycles. The van der Waals surface area contributed by atoms with Crippen LogP contribution in [0.25, 0.3) is 10.6 Å². The summed E-state index contributed by atoms with van der Waals surface area (Å²) in [6.07, 6.45) is 0. The SMILES string of the molecule is O=C(OCC(=O)c1ccccc1F)c1csc(-c2ccccc2)n1. The van der Waals surface area contributed by atoms with Gasteiger partial charge >= 0.3 is 5.97 Å². The molecule has 0 N–H and O–H groups in total. The van der Waals surface area contributed by atoms with Crippen LogP contribution in [0.2, 0.25) is 0 Å². The fraction of sp³-hybridized carbons (Fsp3) is 0.0556. The first-order valence-corrected chi connectivity index (χ1v) is 7.99. The number of thiazole rings is 1. The minimum atomic E-state index is -0.710. The Bertz CT molecular complexity index is 877. The Morgan fingerprint density at radius 1 is 1.04 bits per heavy atom. The standard InChI is InChI=1S/C18H12FNO3S/c19-14-9-5-4-8-13(14)16(21)10-23-18(22)15-11-24-17(20-15)12-6-2-1-3-7-12/h1-9,11H,10H2. The van der Waals surface area contributed by atoms with E-state index in [1.807, 2.05) is 30.3 Å². The Morgan fingerprint density at radius 3 is 2.50 bits per heavy atom. The normalized spacial score (nSPS) is 10.4. The highest BCUT2D eigenvalue weighted by molar-refractivity contribution is 7.13. The number of Topliss-reactive ketones (excluding diaryl/α,β-unsaturated/α-hetero) is 1. The maximum absolute atomic E-state index is 13.5. The van der Waals surface area contributed by atoms with Crippen LogP contribution in [0.1, 0.15) is 20.8 Å². The van der Waals surface area contributed by atoms with Gasteiger partial charge in [-0.05, 0) is 12.1 Å². The van der Waals surface area contributed by atoms with Gasteiger partial charge < -0.3 is 4.74 Å². The molecule has 120 valence electrons. The first-order valence-electron chi connectivity index (χ1n) is 7.11. The van der Waals surface area contributed by atoms with Gasteiger partial charge in [0.05, 0.1) is 5.56 Å². The fourth-order valence-electron chi connectivity index (χ4n) is 2.05. The molecule has 0 fully saturated rings. The zero-order chi connectivity index (χ0) is 16.9. The molecular weight excluding hydrogens is 329 g/mol. The van der Waals surface area contributed by atoms with Crippen LogP contribution in [-0.4, -0.2) is 23.3 Å². The monoisotopic (exact) mass is 341 g/mol. The number of hydrogen-bond donors (Lipinski definition) is 0. The quantitative estimate of drug-likeness (QED) is 0.520. The molecule has 0 unspecified atom stereocenters. The Morgan fingerprint density at radius 2 is 1.75 bits per heavy atom. The number of esters is 1. The zero-order valence-corrected chi connectivity index (χ0v) is 13.3. The summed E-state index contributed by atoms with van der Waals surface area (Å²) in [5.41, 5.74) is 0.915. The van der Waals surface area contributed by atoms with Crippen molar-refractivity contribution in [2.75, 3.05) is 6.61 Å². The van der Waals surface area contributed by atoms with Crippen molar-refractivity contribution in [2.45, 2.75) is 0 Å². The molecule has 0 saturated heterocycles. The van der Waals surface area contributed by atoms with Crippen LogP contribution in [0.3, 0.4) is 0 Å². The first-order chi connectivity index (χ1) is 11.6. The Balaban J connectivity index is 1.65. The number of ketones is 1. The molecule has 24 heavy (non-hydrogen) atoms. The number of hydrogen-bond acceptors (Lipinski definition) is 5. The number of halogens is 1. The number of ether oxygens (including phenoxy) is 1. The lowest BCUT2D eigenvalue weighted by molar-refractivity contribution is 0.0468. The summed E-state index contributed by atoms with van der Waals surface area (Å²) in [4.78, 5) is 28.1. The van der Waals surface area contributed by atoms with Gasteiger partial charge in [-0.2, -0.15) is 0 Å². The molecule has 1 aromatic heterocycles. The molecule has 0 radical (unpaired) electrons. The molecule has 4 nitrogen and oxygen atoms in total. The molecule has 0 amide bonds. The molecular formula is C18H12FNO3S. The van der Waals surface area contributed by atoms with Crippen molar-refractivity contribution in [3.63, 3.8) is 0 Å². The van der Waals surface area contributed by atoms with Gasteiger partial charge in [0.25, 0.3) is 0 Å². The number of benzene rings is 2.